The molecule has 0 aliphatic rings. The summed E-state index contributed by atoms with van der Waals surface area (Å²) in [4.78, 5) is 0. The van der Waals surface area contributed by atoms with Crippen molar-refractivity contribution in [2.75, 3.05) is 7.11 Å². The van der Waals surface area contributed by atoms with Gasteiger partial charge in [-0.05, 0) is 61.9 Å². The molecule has 1 aromatic carbocycles. The average Bonchev–Trinajstić information content (AvgIpc) is 2.51. The highest BCUT2D eigenvalue weighted by atomic mass is 127. The highest BCUT2D eigenvalue weighted by Crippen LogP contribution is 2.45. The van der Waals surface area contributed by atoms with Gasteiger partial charge in [-0.2, -0.15) is 0 Å². The van der Waals surface area contributed by atoms with Gasteiger partial charge in [-0.1, -0.05) is 81.4 Å². The quantitative estimate of drug-likeness (QED) is 0.229. The van der Waals surface area contributed by atoms with Crippen molar-refractivity contribution < 1.29 is 4.74 Å². The van der Waals surface area contributed by atoms with Crippen LogP contribution >= 0.6 is 31.0 Å². The minimum Gasteiger partial charge on any atom is -0.490 e. The molecule has 0 aliphatic carbocycles. The molecule has 0 aromatic heterocycles. The third kappa shape index (κ3) is 6.56. The first-order valence-corrected chi connectivity index (χ1v) is 11.6. The monoisotopic (exact) mass is 501 g/mol. The van der Waals surface area contributed by atoms with Gasteiger partial charge in [0.1, 0.15) is 0 Å². The van der Waals surface area contributed by atoms with E-state index in [2.05, 4.69) is 104 Å². The SMILES string of the molecule is CC/C(P=Nc1c(C(C)(C)C)cc(C(C)(C)C)cc1C(C)(C)C)=C(\I)OC. The van der Waals surface area contributed by atoms with Crippen molar-refractivity contribution in [2.45, 2.75) is 91.9 Å². The molecule has 0 radical (unpaired) electrons. The Kier molecular flexibility index (Phi) is 8.16. The first-order valence-electron chi connectivity index (χ1n) is 9.66. The Morgan fingerprint density at radius 1 is 0.926 bits per heavy atom. The predicted molar refractivity (Wildman–Crippen MR) is 130 cm³/mol. The van der Waals surface area contributed by atoms with Gasteiger partial charge in [0.05, 0.1) is 12.8 Å². The molecule has 0 N–H and O–H groups in total. The summed E-state index contributed by atoms with van der Waals surface area (Å²) in [7, 11) is 2.70. The van der Waals surface area contributed by atoms with Gasteiger partial charge in [0.2, 0.25) is 0 Å². The van der Waals surface area contributed by atoms with E-state index in [9.17, 15) is 0 Å². The lowest BCUT2D eigenvalue weighted by molar-refractivity contribution is 0.329. The van der Waals surface area contributed by atoms with Crippen LogP contribution in [0, 0.1) is 0 Å². The summed E-state index contributed by atoms with van der Waals surface area (Å²) >= 11 is 2.27. The summed E-state index contributed by atoms with van der Waals surface area (Å²) in [5.74, 6) is 0. The topological polar surface area (TPSA) is 21.6 Å². The van der Waals surface area contributed by atoms with E-state index in [1.807, 2.05) is 0 Å². The first-order chi connectivity index (χ1) is 12.1. The van der Waals surface area contributed by atoms with Gasteiger partial charge in [-0.3, -0.25) is 0 Å². The molecule has 0 unspecified atom stereocenters. The van der Waals surface area contributed by atoms with Crippen molar-refractivity contribution in [3.8, 4) is 0 Å². The molecular formula is C23H37INOP. The number of allylic oxidation sites excluding steroid dienone is 1. The molecule has 0 bridgehead atoms. The number of nitrogens with zero attached hydrogens (tertiary/aromatic N) is 1. The molecule has 0 atom stereocenters. The summed E-state index contributed by atoms with van der Waals surface area (Å²) in [6.07, 6.45) is 0.937. The molecule has 0 aliphatic heterocycles. The second-order valence-electron chi connectivity index (χ2n) is 10.1. The highest BCUT2D eigenvalue weighted by molar-refractivity contribution is 14.1. The Morgan fingerprint density at radius 3 is 1.67 bits per heavy atom. The van der Waals surface area contributed by atoms with Gasteiger partial charge in [0, 0.05) is 13.7 Å². The van der Waals surface area contributed by atoms with Gasteiger partial charge in [0.15, 0.2) is 3.77 Å². The Morgan fingerprint density at radius 2 is 1.37 bits per heavy atom. The van der Waals surface area contributed by atoms with Crippen LogP contribution in [0.4, 0.5) is 5.69 Å². The molecule has 2 nitrogen and oxygen atoms in total. The van der Waals surface area contributed by atoms with Crippen LogP contribution in [0.2, 0.25) is 0 Å². The van der Waals surface area contributed by atoms with Crippen LogP contribution in [0.15, 0.2) is 26.0 Å². The summed E-state index contributed by atoms with van der Waals surface area (Å²) in [5.41, 5.74) is 5.35. The maximum atomic E-state index is 5.45. The third-order valence-corrected chi connectivity index (χ3v) is 7.18. The fourth-order valence-corrected chi connectivity index (χ4v) is 4.25. The van der Waals surface area contributed by atoms with Gasteiger partial charge in [0.25, 0.3) is 0 Å². The molecule has 27 heavy (non-hydrogen) atoms. The lowest BCUT2D eigenvalue weighted by Crippen LogP contribution is -2.21. The van der Waals surface area contributed by atoms with Gasteiger partial charge in [-0.25, -0.2) is 4.74 Å². The van der Waals surface area contributed by atoms with Crippen LogP contribution in [-0.2, 0) is 21.0 Å². The second-order valence-corrected chi connectivity index (χ2v) is 12.1. The Bertz CT molecular complexity index is 693. The molecule has 1 aromatic rings. The molecule has 152 valence electrons. The summed E-state index contributed by atoms with van der Waals surface area (Å²) in [6, 6.07) is 4.75. The van der Waals surface area contributed by atoms with Crippen LogP contribution in [0.5, 0.6) is 0 Å². The Hall–Kier alpha value is -0.410. The van der Waals surface area contributed by atoms with Crippen LogP contribution in [0.25, 0.3) is 0 Å². The number of halogens is 1. The van der Waals surface area contributed by atoms with Crippen molar-refractivity contribution in [1.29, 1.82) is 0 Å². The maximum Gasteiger partial charge on any atom is 0.165 e. The number of methoxy groups -OCH3 is 1. The van der Waals surface area contributed by atoms with Crippen LogP contribution in [0.1, 0.15) is 92.3 Å². The van der Waals surface area contributed by atoms with E-state index in [1.54, 1.807) is 7.11 Å². The van der Waals surface area contributed by atoms with E-state index in [0.717, 1.165) is 24.2 Å². The molecule has 0 amide bonds. The molecule has 1 rings (SSSR count). The summed E-state index contributed by atoms with van der Waals surface area (Å²) in [5, 5.41) is 1.22. The Labute approximate surface area is 182 Å². The van der Waals surface area contributed by atoms with Crippen molar-refractivity contribution in [1.82, 2.24) is 0 Å². The number of hydrogen-bond donors (Lipinski definition) is 0. The summed E-state index contributed by atoms with van der Waals surface area (Å²) in [6.45, 7) is 22.7. The number of rotatable bonds is 4. The normalized spacial score (nSPS) is 14.5. The van der Waals surface area contributed by atoms with Crippen molar-refractivity contribution in [3.05, 3.63) is 37.9 Å². The molecule has 0 saturated heterocycles. The lowest BCUT2D eigenvalue weighted by atomic mass is 9.74. The zero-order valence-electron chi connectivity index (χ0n) is 19.0. The predicted octanol–water partition coefficient (Wildman–Crippen LogP) is 9.00. The third-order valence-electron chi connectivity index (χ3n) is 4.60. The largest absolute Gasteiger partial charge is 0.490 e. The van der Waals surface area contributed by atoms with Gasteiger partial charge < -0.3 is 4.74 Å². The lowest BCUT2D eigenvalue weighted by Gasteiger charge is -2.32. The van der Waals surface area contributed by atoms with Gasteiger partial charge in [-0.15, -0.1) is 0 Å². The van der Waals surface area contributed by atoms with Crippen LogP contribution < -0.4 is 0 Å². The molecule has 0 spiro atoms. The number of hydrogen-bond acceptors (Lipinski definition) is 2. The van der Waals surface area contributed by atoms with Crippen molar-refractivity contribution in [3.63, 3.8) is 0 Å². The van der Waals surface area contributed by atoms with Crippen LogP contribution in [0.3, 0.4) is 0 Å². The minimum atomic E-state index is 0.0279. The van der Waals surface area contributed by atoms with Gasteiger partial charge >= 0.3 is 0 Å². The maximum absolute atomic E-state index is 5.45. The zero-order chi connectivity index (χ0) is 21.2. The fraction of sp³-hybridized carbons (Fsp3) is 0.652. The first kappa shape index (κ1) is 24.6. The molecule has 0 fully saturated rings. The van der Waals surface area contributed by atoms with E-state index in [-0.39, 0.29) is 16.2 Å². The second kappa shape index (κ2) is 8.95. The van der Waals surface area contributed by atoms with Crippen molar-refractivity contribution >= 4 is 36.7 Å². The van der Waals surface area contributed by atoms with E-state index < -0.39 is 0 Å². The molecule has 0 heterocycles. The molecule has 0 saturated carbocycles. The van der Waals surface area contributed by atoms with Crippen LogP contribution in [-0.4, -0.2) is 7.11 Å². The van der Waals surface area contributed by atoms with Crippen molar-refractivity contribution in [2.24, 2.45) is 4.74 Å². The van der Waals surface area contributed by atoms with E-state index in [4.69, 9.17) is 9.48 Å². The van der Waals surface area contributed by atoms with E-state index in [1.165, 1.54) is 22.0 Å². The van der Waals surface area contributed by atoms with E-state index >= 15 is 0 Å². The Balaban J connectivity index is 3.85. The average molecular weight is 501 g/mol. The molecular weight excluding hydrogens is 464 g/mol. The highest BCUT2D eigenvalue weighted by Gasteiger charge is 2.29. The fourth-order valence-electron chi connectivity index (χ4n) is 2.80. The number of ether oxygens (including phenoxy) is 1. The number of benzene rings is 1. The minimum absolute atomic E-state index is 0.0279. The molecule has 4 heteroatoms. The standard InChI is InChI=1S/C23H37INOP/c1-12-18(20(24)26-11)27-25-19-16(22(5,6)7)13-15(21(2,3)4)14-17(19)23(8,9)10/h13-14H,12H2,1-11H3/b20-18-. The van der Waals surface area contributed by atoms with E-state index in [0.29, 0.717) is 0 Å². The summed E-state index contributed by atoms with van der Waals surface area (Å²) < 4.78 is 11.5. The smallest absolute Gasteiger partial charge is 0.165 e. The zero-order valence-corrected chi connectivity index (χ0v) is 22.1.